The number of isothiocyanates is 1. The first-order valence-electron chi connectivity index (χ1n) is 8.48. The molecule has 0 aliphatic heterocycles. The van der Waals surface area contributed by atoms with Gasteiger partial charge in [0, 0.05) is 6.42 Å². The van der Waals surface area contributed by atoms with Crippen molar-refractivity contribution in [2.75, 3.05) is 0 Å². The molecule has 3 rings (SSSR count). The molecule has 0 heterocycles. The lowest BCUT2D eigenvalue weighted by molar-refractivity contribution is -0.135. The predicted molar refractivity (Wildman–Crippen MR) is 108 cm³/mol. The minimum Gasteiger partial charge on any atom is -0.426 e. The number of ether oxygens (including phenoxy) is 1. The van der Waals surface area contributed by atoms with Gasteiger partial charge in [-0.25, -0.2) is 0 Å². The van der Waals surface area contributed by atoms with Gasteiger partial charge in [-0.15, -0.1) is 0 Å². The summed E-state index contributed by atoms with van der Waals surface area (Å²) in [5, 5.41) is 2.29. The molecule has 0 saturated carbocycles. The Morgan fingerprint density at radius 1 is 1.15 bits per heavy atom. The van der Waals surface area contributed by atoms with Crippen LogP contribution in [-0.4, -0.2) is 16.9 Å². The summed E-state index contributed by atoms with van der Waals surface area (Å²) in [6.07, 6.45) is 5.61. The number of esters is 1. The molecule has 0 fully saturated rings. The van der Waals surface area contributed by atoms with E-state index in [1.54, 1.807) is 36.4 Å². The van der Waals surface area contributed by atoms with E-state index in [1.807, 2.05) is 37.3 Å². The molecule has 134 valence electrons. The normalized spacial score (nSPS) is 14.1. The summed E-state index contributed by atoms with van der Waals surface area (Å²) in [7, 11) is 0. The van der Waals surface area contributed by atoms with Crippen molar-refractivity contribution < 1.29 is 14.3 Å². The molecule has 0 N–H and O–H groups in total. The van der Waals surface area contributed by atoms with Crippen LogP contribution in [0.1, 0.15) is 30.4 Å². The fourth-order valence-corrected chi connectivity index (χ4v) is 2.94. The molecule has 2 aromatic rings. The van der Waals surface area contributed by atoms with Crippen LogP contribution in [0.15, 0.2) is 71.8 Å². The molecule has 1 unspecified atom stereocenters. The van der Waals surface area contributed by atoms with Crippen LogP contribution in [-0.2, 0) is 9.59 Å². The summed E-state index contributed by atoms with van der Waals surface area (Å²) in [4.78, 5) is 27.9. The number of rotatable bonds is 5. The summed E-state index contributed by atoms with van der Waals surface area (Å²) in [5.74, 6) is -0.308. The number of hydrogen-bond acceptors (Lipinski definition) is 5. The number of nitrogens with zero attached hydrogens (tertiary/aromatic N) is 1. The van der Waals surface area contributed by atoms with Crippen LogP contribution in [0.2, 0.25) is 0 Å². The van der Waals surface area contributed by atoms with Gasteiger partial charge in [0.05, 0.1) is 16.8 Å². The van der Waals surface area contributed by atoms with Gasteiger partial charge >= 0.3 is 5.97 Å². The Balaban J connectivity index is 1.80. The minimum atomic E-state index is -0.466. The standard InChI is InChI=1S/C22H17NO3S/c1-15(22(25)26-19-12-8-17(9-13-19)23-14-27)20-4-2-3-5-21(20)16-6-10-18(24)11-7-16/h2-10,12-13,15H,11H2,1H3. The van der Waals surface area contributed by atoms with Crippen LogP contribution in [0, 0.1) is 0 Å². The highest BCUT2D eigenvalue weighted by Crippen LogP contribution is 2.30. The Hall–Kier alpha value is -3.14. The van der Waals surface area contributed by atoms with E-state index in [9.17, 15) is 9.59 Å². The number of allylic oxidation sites excluding steroid dienone is 4. The number of aliphatic imine (C=N–C) groups is 1. The average Bonchev–Trinajstić information content (AvgIpc) is 2.70. The largest absolute Gasteiger partial charge is 0.426 e. The molecule has 0 amide bonds. The van der Waals surface area contributed by atoms with E-state index in [-0.39, 0.29) is 11.8 Å². The van der Waals surface area contributed by atoms with Crippen LogP contribution in [0.4, 0.5) is 5.69 Å². The van der Waals surface area contributed by atoms with Crippen molar-refractivity contribution in [3.05, 3.63) is 77.9 Å². The first kappa shape index (κ1) is 18.6. The van der Waals surface area contributed by atoms with Gasteiger partial charge in [0.1, 0.15) is 5.75 Å². The van der Waals surface area contributed by atoms with Gasteiger partial charge < -0.3 is 4.74 Å². The molecular weight excluding hydrogens is 358 g/mol. The molecular formula is C22H17NO3S. The van der Waals surface area contributed by atoms with E-state index >= 15 is 0 Å². The molecule has 0 saturated heterocycles. The zero-order valence-corrected chi connectivity index (χ0v) is 15.5. The van der Waals surface area contributed by atoms with Gasteiger partial charge in [0.15, 0.2) is 5.78 Å². The Morgan fingerprint density at radius 3 is 2.56 bits per heavy atom. The van der Waals surface area contributed by atoms with Crippen LogP contribution < -0.4 is 4.74 Å². The summed E-state index contributed by atoms with van der Waals surface area (Å²) < 4.78 is 5.50. The van der Waals surface area contributed by atoms with E-state index in [2.05, 4.69) is 22.4 Å². The average molecular weight is 375 g/mol. The van der Waals surface area contributed by atoms with Gasteiger partial charge in [-0.3, -0.25) is 9.59 Å². The first-order chi connectivity index (χ1) is 13.1. The Bertz CT molecular complexity index is 983. The maximum atomic E-state index is 12.6. The smallest absolute Gasteiger partial charge is 0.318 e. The molecule has 0 radical (unpaired) electrons. The summed E-state index contributed by atoms with van der Waals surface area (Å²) in [6, 6.07) is 14.4. The highest BCUT2D eigenvalue weighted by molar-refractivity contribution is 7.78. The van der Waals surface area contributed by atoms with Gasteiger partial charge in [-0.05, 0) is 66.2 Å². The van der Waals surface area contributed by atoms with E-state index in [0.29, 0.717) is 17.9 Å². The molecule has 1 atom stereocenters. The number of hydrogen-bond donors (Lipinski definition) is 0. The van der Waals surface area contributed by atoms with Crippen molar-refractivity contribution in [2.24, 2.45) is 4.99 Å². The van der Waals surface area contributed by atoms with Crippen molar-refractivity contribution in [1.29, 1.82) is 0 Å². The third-order valence-electron chi connectivity index (χ3n) is 4.29. The summed E-state index contributed by atoms with van der Waals surface area (Å²) in [5.41, 5.74) is 3.37. The molecule has 0 aromatic heterocycles. The molecule has 5 heteroatoms. The van der Waals surface area contributed by atoms with Crippen molar-refractivity contribution >= 4 is 40.4 Å². The van der Waals surface area contributed by atoms with Crippen LogP contribution in [0.25, 0.3) is 5.57 Å². The highest BCUT2D eigenvalue weighted by Gasteiger charge is 2.22. The number of benzene rings is 2. The van der Waals surface area contributed by atoms with Crippen molar-refractivity contribution in [2.45, 2.75) is 19.3 Å². The van der Waals surface area contributed by atoms with Crippen molar-refractivity contribution in [3.8, 4) is 5.75 Å². The molecule has 4 nitrogen and oxygen atoms in total. The van der Waals surface area contributed by atoms with Crippen LogP contribution in [0.5, 0.6) is 5.75 Å². The second kappa shape index (κ2) is 8.49. The fourth-order valence-electron chi connectivity index (χ4n) is 2.84. The zero-order valence-electron chi connectivity index (χ0n) is 14.7. The van der Waals surface area contributed by atoms with Crippen LogP contribution >= 0.6 is 12.2 Å². The third kappa shape index (κ3) is 4.53. The second-order valence-electron chi connectivity index (χ2n) is 6.09. The van der Waals surface area contributed by atoms with Gasteiger partial charge in [-0.2, -0.15) is 4.99 Å². The lowest BCUT2D eigenvalue weighted by atomic mass is 9.89. The quantitative estimate of drug-likeness (QED) is 0.318. The molecule has 0 spiro atoms. The fraction of sp³-hybridized carbons (Fsp3) is 0.136. The Labute approximate surface area is 162 Å². The molecule has 2 aromatic carbocycles. The lowest BCUT2D eigenvalue weighted by Gasteiger charge is -2.17. The zero-order chi connectivity index (χ0) is 19.2. The van der Waals surface area contributed by atoms with Crippen molar-refractivity contribution in [1.82, 2.24) is 0 Å². The number of thiocarbonyl (C=S) groups is 1. The Kier molecular flexibility index (Phi) is 5.87. The maximum absolute atomic E-state index is 12.6. The maximum Gasteiger partial charge on any atom is 0.318 e. The van der Waals surface area contributed by atoms with E-state index in [4.69, 9.17) is 4.74 Å². The second-order valence-corrected chi connectivity index (χ2v) is 6.27. The van der Waals surface area contributed by atoms with Crippen molar-refractivity contribution in [3.63, 3.8) is 0 Å². The molecule has 27 heavy (non-hydrogen) atoms. The van der Waals surface area contributed by atoms with E-state index in [1.165, 1.54) is 0 Å². The van der Waals surface area contributed by atoms with Crippen LogP contribution in [0.3, 0.4) is 0 Å². The van der Waals surface area contributed by atoms with E-state index < -0.39 is 5.92 Å². The molecule has 1 aliphatic carbocycles. The topological polar surface area (TPSA) is 55.7 Å². The third-order valence-corrected chi connectivity index (χ3v) is 4.38. The number of ketones is 1. The van der Waals surface area contributed by atoms with Gasteiger partial charge in [0.25, 0.3) is 0 Å². The highest BCUT2D eigenvalue weighted by atomic mass is 32.1. The first-order valence-corrected chi connectivity index (χ1v) is 8.89. The summed E-state index contributed by atoms with van der Waals surface area (Å²) in [6.45, 7) is 1.81. The molecule has 1 aliphatic rings. The summed E-state index contributed by atoms with van der Waals surface area (Å²) >= 11 is 4.57. The number of carbonyl (C=O) groups excluding carboxylic acids is 2. The minimum absolute atomic E-state index is 0.0742. The monoisotopic (exact) mass is 375 g/mol. The molecule has 0 bridgehead atoms. The lowest BCUT2D eigenvalue weighted by Crippen LogP contribution is -2.17. The van der Waals surface area contributed by atoms with Gasteiger partial charge in [0.2, 0.25) is 0 Å². The SMILES string of the molecule is CC(C(=O)Oc1ccc(N=C=S)cc1)c1ccccc1C1=CCC(=O)C=C1. The van der Waals surface area contributed by atoms with Gasteiger partial charge in [-0.1, -0.05) is 36.4 Å². The number of carbonyl (C=O) groups is 2. The Morgan fingerprint density at radius 2 is 1.89 bits per heavy atom. The van der Waals surface area contributed by atoms with E-state index in [0.717, 1.165) is 16.7 Å². The predicted octanol–water partition coefficient (Wildman–Crippen LogP) is 5.04.